The number of amides is 1. The van der Waals surface area contributed by atoms with Crippen LogP contribution in [0.25, 0.3) is 0 Å². The summed E-state index contributed by atoms with van der Waals surface area (Å²) < 4.78 is 1.57. The van der Waals surface area contributed by atoms with Gasteiger partial charge in [0.05, 0.1) is 0 Å². The van der Waals surface area contributed by atoms with Crippen LogP contribution in [0.4, 0.5) is 5.82 Å². The second kappa shape index (κ2) is 5.53. The highest BCUT2D eigenvalue weighted by atomic mass is 16.2. The van der Waals surface area contributed by atoms with Gasteiger partial charge in [-0.3, -0.25) is 9.48 Å². The maximum atomic E-state index is 11.7. The third-order valence-electron chi connectivity index (χ3n) is 2.43. The molecule has 0 saturated heterocycles. The Hall–Kier alpha value is -1.52. The van der Waals surface area contributed by atoms with Crippen LogP contribution in [0.15, 0.2) is 12.3 Å². The van der Waals surface area contributed by atoms with Gasteiger partial charge in [0, 0.05) is 12.7 Å². The summed E-state index contributed by atoms with van der Waals surface area (Å²) in [5.41, 5.74) is 5.49. The predicted octanol–water partition coefficient (Wildman–Crippen LogP) is 1.19. The highest BCUT2D eigenvalue weighted by Gasteiger charge is 2.14. The fourth-order valence-electron chi connectivity index (χ4n) is 1.32. The molecule has 16 heavy (non-hydrogen) atoms. The van der Waals surface area contributed by atoms with Gasteiger partial charge in [-0.25, -0.2) is 0 Å². The summed E-state index contributed by atoms with van der Waals surface area (Å²) in [6.07, 6.45) is 2.70. The zero-order chi connectivity index (χ0) is 12.1. The Labute approximate surface area is 96.0 Å². The Balaban J connectivity index is 2.42. The van der Waals surface area contributed by atoms with Gasteiger partial charge in [0.2, 0.25) is 5.91 Å². The van der Waals surface area contributed by atoms with E-state index >= 15 is 0 Å². The number of hydrogen-bond acceptors (Lipinski definition) is 3. The van der Waals surface area contributed by atoms with E-state index in [1.807, 2.05) is 0 Å². The van der Waals surface area contributed by atoms with E-state index in [4.69, 9.17) is 5.73 Å². The van der Waals surface area contributed by atoms with Gasteiger partial charge in [0.1, 0.15) is 11.9 Å². The minimum Gasteiger partial charge on any atom is -0.382 e. The molecule has 1 atom stereocenters. The Kier molecular flexibility index (Phi) is 4.34. The van der Waals surface area contributed by atoms with Gasteiger partial charge in [-0.15, -0.1) is 0 Å². The van der Waals surface area contributed by atoms with Crippen LogP contribution in [0.5, 0.6) is 0 Å². The van der Waals surface area contributed by atoms with Crippen molar-refractivity contribution in [1.29, 1.82) is 0 Å². The van der Waals surface area contributed by atoms with Gasteiger partial charge in [0.15, 0.2) is 0 Å². The Bertz CT molecular complexity index is 346. The lowest BCUT2D eigenvalue weighted by atomic mass is 10.1. The fourth-order valence-corrected chi connectivity index (χ4v) is 1.32. The van der Waals surface area contributed by atoms with Crippen LogP contribution in [0.2, 0.25) is 0 Å². The Morgan fingerprint density at radius 1 is 1.56 bits per heavy atom. The molecular formula is C11H20N4O. The van der Waals surface area contributed by atoms with E-state index in [0.717, 1.165) is 6.42 Å². The fraction of sp³-hybridized carbons (Fsp3) is 0.636. The van der Waals surface area contributed by atoms with Crippen LogP contribution in [-0.2, 0) is 4.79 Å². The van der Waals surface area contributed by atoms with Crippen molar-refractivity contribution in [3.63, 3.8) is 0 Å². The van der Waals surface area contributed by atoms with Crippen molar-refractivity contribution in [1.82, 2.24) is 15.1 Å². The quantitative estimate of drug-likeness (QED) is 0.789. The zero-order valence-electron chi connectivity index (χ0n) is 10.1. The van der Waals surface area contributed by atoms with E-state index < -0.39 is 0 Å². The van der Waals surface area contributed by atoms with E-state index in [1.165, 1.54) is 0 Å². The Morgan fingerprint density at radius 2 is 2.25 bits per heavy atom. The van der Waals surface area contributed by atoms with E-state index in [1.54, 1.807) is 23.9 Å². The van der Waals surface area contributed by atoms with Gasteiger partial charge in [-0.2, -0.15) is 5.10 Å². The minimum absolute atomic E-state index is 0.0243. The standard InChI is InChI=1S/C11H20N4O/c1-8(2)4-6-13-11(16)9(3)15-7-5-10(12)14-15/h5,7-9H,4,6H2,1-3H3,(H2,12,14)(H,13,16). The molecule has 1 rings (SSSR count). The van der Waals surface area contributed by atoms with Crippen molar-refractivity contribution in [2.75, 3.05) is 12.3 Å². The Morgan fingerprint density at radius 3 is 2.75 bits per heavy atom. The lowest BCUT2D eigenvalue weighted by Gasteiger charge is -2.13. The summed E-state index contributed by atoms with van der Waals surface area (Å²) in [5.74, 6) is 1.00. The minimum atomic E-state index is -0.315. The number of nitrogen functional groups attached to an aromatic ring is 1. The maximum absolute atomic E-state index is 11.7. The normalized spacial score (nSPS) is 12.8. The maximum Gasteiger partial charge on any atom is 0.244 e. The largest absolute Gasteiger partial charge is 0.382 e. The second-order valence-corrected chi connectivity index (χ2v) is 4.37. The van der Waals surface area contributed by atoms with E-state index in [9.17, 15) is 4.79 Å². The molecule has 0 aromatic carbocycles. The van der Waals surface area contributed by atoms with Gasteiger partial charge in [0.25, 0.3) is 0 Å². The summed E-state index contributed by atoms with van der Waals surface area (Å²) in [6.45, 7) is 6.77. The second-order valence-electron chi connectivity index (χ2n) is 4.37. The summed E-state index contributed by atoms with van der Waals surface area (Å²) in [5, 5.41) is 6.89. The molecule has 3 N–H and O–H groups in total. The van der Waals surface area contributed by atoms with E-state index in [0.29, 0.717) is 18.3 Å². The summed E-state index contributed by atoms with van der Waals surface area (Å²) in [6, 6.07) is 1.36. The lowest BCUT2D eigenvalue weighted by Crippen LogP contribution is -2.32. The first kappa shape index (κ1) is 12.5. The number of carbonyl (C=O) groups excluding carboxylic acids is 1. The smallest absolute Gasteiger partial charge is 0.244 e. The molecule has 1 aromatic rings. The van der Waals surface area contributed by atoms with Crippen molar-refractivity contribution >= 4 is 11.7 Å². The van der Waals surface area contributed by atoms with Gasteiger partial charge < -0.3 is 11.1 Å². The van der Waals surface area contributed by atoms with Crippen molar-refractivity contribution in [2.24, 2.45) is 5.92 Å². The first-order valence-electron chi connectivity index (χ1n) is 5.59. The molecule has 0 saturated carbocycles. The molecule has 0 fully saturated rings. The third-order valence-corrected chi connectivity index (χ3v) is 2.43. The molecule has 0 aliphatic rings. The van der Waals surface area contributed by atoms with Crippen LogP contribution in [-0.4, -0.2) is 22.2 Å². The van der Waals surface area contributed by atoms with E-state index in [-0.39, 0.29) is 11.9 Å². The summed E-state index contributed by atoms with van der Waals surface area (Å²) >= 11 is 0. The van der Waals surface area contributed by atoms with Gasteiger partial charge >= 0.3 is 0 Å². The molecule has 0 spiro atoms. The SMILES string of the molecule is CC(C)CCNC(=O)C(C)n1ccc(N)n1. The van der Waals surface area contributed by atoms with Crippen LogP contribution in [0, 0.1) is 5.92 Å². The van der Waals surface area contributed by atoms with Crippen LogP contribution < -0.4 is 11.1 Å². The first-order valence-corrected chi connectivity index (χ1v) is 5.59. The molecule has 5 heteroatoms. The first-order chi connectivity index (χ1) is 7.50. The number of nitrogens with zero attached hydrogens (tertiary/aromatic N) is 2. The van der Waals surface area contributed by atoms with Crippen molar-refractivity contribution in [2.45, 2.75) is 33.2 Å². The van der Waals surface area contributed by atoms with Gasteiger partial charge in [-0.05, 0) is 25.3 Å². The molecule has 0 radical (unpaired) electrons. The predicted molar refractivity (Wildman–Crippen MR) is 63.8 cm³/mol. The summed E-state index contributed by atoms with van der Waals surface area (Å²) in [7, 11) is 0. The molecular weight excluding hydrogens is 204 g/mol. The molecule has 0 bridgehead atoms. The number of anilines is 1. The van der Waals surface area contributed by atoms with Crippen LogP contribution in [0.3, 0.4) is 0 Å². The number of nitrogens with one attached hydrogen (secondary N) is 1. The molecule has 1 unspecified atom stereocenters. The number of rotatable bonds is 5. The summed E-state index contributed by atoms with van der Waals surface area (Å²) in [4.78, 5) is 11.7. The number of aromatic nitrogens is 2. The molecule has 90 valence electrons. The molecule has 0 aliphatic heterocycles. The van der Waals surface area contributed by atoms with Crippen molar-refractivity contribution < 1.29 is 4.79 Å². The highest BCUT2D eigenvalue weighted by molar-refractivity contribution is 5.79. The molecule has 0 aliphatic carbocycles. The third kappa shape index (κ3) is 3.56. The molecule has 1 heterocycles. The molecule has 1 amide bonds. The molecule has 5 nitrogen and oxygen atoms in total. The number of carbonyl (C=O) groups is 1. The zero-order valence-corrected chi connectivity index (χ0v) is 10.1. The topological polar surface area (TPSA) is 72.9 Å². The lowest BCUT2D eigenvalue weighted by molar-refractivity contribution is -0.124. The van der Waals surface area contributed by atoms with E-state index in [2.05, 4.69) is 24.3 Å². The number of nitrogens with two attached hydrogens (primary N) is 1. The number of hydrogen-bond donors (Lipinski definition) is 2. The highest BCUT2D eigenvalue weighted by Crippen LogP contribution is 2.06. The van der Waals surface area contributed by atoms with Crippen LogP contribution >= 0.6 is 0 Å². The van der Waals surface area contributed by atoms with Crippen molar-refractivity contribution in [3.8, 4) is 0 Å². The average molecular weight is 224 g/mol. The average Bonchev–Trinajstić information content (AvgIpc) is 2.63. The van der Waals surface area contributed by atoms with Crippen molar-refractivity contribution in [3.05, 3.63) is 12.3 Å². The van der Waals surface area contributed by atoms with Gasteiger partial charge in [-0.1, -0.05) is 13.8 Å². The monoisotopic (exact) mass is 224 g/mol. The van der Waals surface area contributed by atoms with Crippen LogP contribution in [0.1, 0.15) is 33.2 Å². The molecule has 1 aromatic heterocycles.